The number of benzene rings is 2. The molecule has 2 N–H and O–H groups in total. The van der Waals surface area contributed by atoms with E-state index in [-0.39, 0.29) is 30.6 Å². The first-order valence-corrected chi connectivity index (χ1v) is 10.8. The Hall–Kier alpha value is -3.26. The van der Waals surface area contributed by atoms with Crippen LogP contribution in [0.4, 0.5) is 4.79 Å². The number of fused-ring (bicyclic) bond motifs is 3. The molecule has 162 valence electrons. The highest BCUT2D eigenvalue weighted by Crippen LogP contribution is 2.44. The van der Waals surface area contributed by atoms with Gasteiger partial charge in [0.05, 0.1) is 5.75 Å². The van der Waals surface area contributed by atoms with Crippen molar-refractivity contribution < 1.29 is 29.0 Å². The van der Waals surface area contributed by atoms with Crippen LogP contribution in [0.2, 0.25) is 0 Å². The molecule has 2 aromatic rings. The van der Waals surface area contributed by atoms with E-state index in [2.05, 4.69) is 11.9 Å². The standard InChI is InChI=1S/C23H23NO6S/c1-2-11-29-21(25)14-31-13-20(22(26)27)24-23(28)30-12-19-17-9-5-3-7-15(17)16-8-4-6-10-18(16)19/h2-10,19-20H,1,11-14H2,(H,24,28)(H,26,27)/t20-/m0/s1. The van der Waals surface area contributed by atoms with Crippen molar-refractivity contribution >= 4 is 29.8 Å². The predicted octanol–water partition coefficient (Wildman–Crippen LogP) is 3.44. The van der Waals surface area contributed by atoms with Crippen molar-refractivity contribution in [2.75, 3.05) is 24.7 Å². The summed E-state index contributed by atoms with van der Waals surface area (Å²) in [5.74, 6) is -1.82. The van der Waals surface area contributed by atoms with Gasteiger partial charge in [-0.3, -0.25) is 4.79 Å². The lowest BCUT2D eigenvalue weighted by Crippen LogP contribution is -2.43. The van der Waals surface area contributed by atoms with Crippen molar-refractivity contribution in [3.05, 3.63) is 72.3 Å². The van der Waals surface area contributed by atoms with Crippen LogP contribution in [0.5, 0.6) is 0 Å². The average Bonchev–Trinajstić information content (AvgIpc) is 3.09. The number of esters is 1. The van der Waals surface area contributed by atoms with E-state index in [0.29, 0.717) is 0 Å². The molecule has 0 aliphatic heterocycles. The number of ether oxygens (including phenoxy) is 2. The summed E-state index contributed by atoms with van der Waals surface area (Å²) in [6, 6.07) is 14.7. The van der Waals surface area contributed by atoms with E-state index >= 15 is 0 Å². The van der Waals surface area contributed by atoms with Gasteiger partial charge in [0.1, 0.15) is 19.3 Å². The Morgan fingerprint density at radius 2 is 1.68 bits per heavy atom. The molecular weight excluding hydrogens is 418 g/mol. The monoisotopic (exact) mass is 441 g/mol. The Balaban J connectivity index is 1.54. The highest BCUT2D eigenvalue weighted by atomic mass is 32.2. The molecule has 1 aliphatic rings. The number of aliphatic carboxylic acids is 1. The van der Waals surface area contributed by atoms with E-state index in [4.69, 9.17) is 9.47 Å². The van der Waals surface area contributed by atoms with Crippen LogP contribution in [0.15, 0.2) is 61.2 Å². The van der Waals surface area contributed by atoms with Gasteiger partial charge in [-0.15, -0.1) is 11.8 Å². The molecule has 2 aromatic carbocycles. The molecule has 0 fully saturated rings. The van der Waals surface area contributed by atoms with Gasteiger partial charge < -0.3 is 19.9 Å². The van der Waals surface area contributed by atoms with Gasteiger partial charge in [-0.2, -0.15) is 0 Å². The molecule has 0 bridgehead atoms. The lowest BCUT2D eigenvalue weighted by atomic mass is 9.98. The van der Waals surface area contributed by atoms with E-state index in [0.717, 1.165) is 34.0 Å². The molecule has 1 atom stereocenters. The number of hydrogen-bond acceptors (Lipinski definition) is 6. The Morgan fingerprint density at radius 3 is 2.26 bits per heavy atom. The van der Waals surface area contributed by atoms with Gasteiger partial charge in [0.2, 0.25) is 0 Å². The fourth-order valence-corrected chi connectivity index (χ4v) is 4.24. The molecule has 0 saturated heterocycles. The van der Waals surface area contributed by atoms with Crippen LogP contribution < -0.4 is 5.32 Å². The van der Waals surface area contributed by atoms with E-state index in [9.17, 15) is 19.5 Å². The second kappa shape index (κ2) is 10.7. The zero-order chi connectivity index (χ0) is 22.2. The molecule has 0 spiro atoms. The third-order valence-corrected chi connectivity index (χ3v) is 5.81. The van der Waals surface area contributed by atoms with Gasteiger partial charge in [0, 0.05) is 11.7 Å². The van der Waals surface area contributed by atoms with Gasteiger partial charge in [0.15, 0.2) is 0 Å². The Kier molecular flexibility index (Phi) is 7.72. The lowest BCUT2D eigenvalue weighted by Gasteiger charge is -2.17. The number of carboxylic acid groups (broad SMARTS) is 1. The average molecular weight is 442 g/mol. The largest absolute Gasteiger partial charge is 0.480 e. The fraction of sp³-hybridized carbons (Fsp3) is 0.261. The molecule has 0 radical (unpaired) electrons. The summed E-state index contributed by atoms with van der Waals surface area (Å²) >= 11 is 1.06. The second-order valence-corrected chi connectivity index (χ2v) is 7.88. The number of nitrogens with one attached hydrogen (secondary N) is 1. The Bertz CT molecular complexity index is 931. The maximum Gasteiger partial charge on any atom is 0.407 e. The summed E-state index contributed by atoms with van der Waals surface area (Å²) in [5, 5.41) is 11.7. The summed E-state index contributed by atoms with van der Waals surface area (Å²) in [7, 11) is 0. The van der Waals surface area contributed by atoms with Crippen LogP contribution in [-0.4, -0.2) is 53.9 Å². The Morgan fingerprint density at radius 1 is 1.06 bits per heavy atom. The maximum atomic E-state index is 12.3. The van der Waals surface area contributed by atoms with E-state index in [1.165, 1.54) is 6.08 Å². The van der Waals surface area contributed by atoms with Crippen LogP contribution in [0.3, 0.4) is 0 Å². The maximum absolute atomic E-state index is 12.3. The summed E-state index contributed by atoms with van der Waals surface area (Å²) in [6.07, 6.45) is 0.630. The van der Waals surface area contributed by atoms with Gasteiger partial charge >= 0.3 is 18.0 Å². The van der Waals surface area contributed by atoms with Crippen LogP contribution in [0.1, 0.15) is 17.0 Å². The highest BCUT2D eigenvalue weighted by Gasteiger charge is 2.29. The SMILES string of the molecule is C=CCOC(=O)CSC[C@H](NC(=O)OCC1c2ccccc2-c2ccccc21)C(=O)O. The molecule has 0 unspecified atom stereocenters. The van der Waals surface area contributed by atoms with Crippen molar-refractivity contribution in [3.8, 4) is 11.1 Å². The first-order chi connectivity index (χ1) is 15.0. The zero-order valence-corrected chi connectivity index (χ0v) is 17.6. The quantitative estimate of drug-likeness (QED) is 0.430. The highest BCUT2D eigenvalue weighted by molar-refractivity contribution is 8.00. The number of thioether (sulfide) groups is 1. The summed E-state index contributed by atoms with van der Waals surface area (Å²) < 4.78 is 10.2. The molecule has 3 rings (SSSR count). The van der Waals surface area contributed by atoms with E-state index in [1.54, 1.807) is 0 Å². The summed E-state index contributed by atoms with van der Waals surface area (Å²) in [6.45, 7) is 3.63. The normalized spacial score (nSPS) is 12.9. The second-order valence-electron chi connectivity index (χ2n) is 6.85. The number of carbonyl (C=O) groups is 3. The third-order valence-electron chi connectivity index (χ3n) is 4.80. The minimum atomic E-state index is -1.21. The topological polar surface area (TPSA) is 102 Å². The minimum absolute atomic E-state index is 0.00270. The first kappa shape index (κ1) is 22.4. The van der Waals surface area contributed by atoms with Crippen molar-refractivity contribution in [1.29, 1.82) is 0 Å². The van der Waals surface area contributed by atoms with Gasteiger partial charge in [-0.05, 0) is 22.3 Å². The minimum Gasteiger partial charge on any atom is -0.480 e. The number of carboxylic acids is 1. The number of rotatable bonds is 10. The van der Waals surface area contributed by atoms with Crippen molar-refractivity contribution in [2.24, 2.45) is 0 Å². The molecule has 1 aliphatic carbocycles. The Labute approximate surface area is 184 Å². The number of carbonyl (C=O) groups excluding carboxylic acids is 2. The van der Waals surface area contributed by atoms with Crippen LogP contribution in [0.25, 0.3) is 11.1 Å². The molecule has 7 nitrogen and oxygen atoms in total. The molecule has 31 heavy (non-hydrogen) atoms. The summed E-state index contributed by atoms with van der Waals surface area (Å²) in [4.78, 5) is 35.2. The zero-order valence-electron chi connectivity index (χ0n) is 16.8. The van der Waals surface area contributed by atoms with E-state index < -0.39 is 24.1 Å². The summed E-state index contributed by atoms with van der Waals surface area (Å²) in [5.41, 5.74) is 4.35. The van der Waals surface area contributed by atoms with Crippen molar-refractivity contribution in [2.45, 2.75) is 12.0 Å². The van der Waals surface area contributed by atoms with Crippen molar-refractivity contribution in [3.63, 3.8) is 0 Å². The molecule has 0 saturated carbocycles. The molecule has 0 aromatic heterocycles. The first-order valence-electron chi connectivity index (χ1n) is 9.69. The third kappa shape index (κ3) is 5.67. The predicted molar refractivity (Wildman–Crippen MR) is 118 cm³/mol. The van der Waals surface area contributed by atoms with Crippen LogP contribution in [-0.2, 0) is 19.1 Å². The molecule has 1 amide bonds. The van der Waals surface area contributed by atoms with E-state index in [1.807, 2.05) is 48.5 Å². The van der Waals surface area contributed by atoms with Crippen molar-refractivity contribution in [1.82, 2.24) is 5.32 Å². The number of hydrogen-bond donors (Lipinski definition) is 2. The number of amides is 1. The fourth-order valence-electron chi connectivity index (χ4n) is 3.41. The lowest BCUT2D eigenvalue weighted by molar-refractivity contribution is -0.140. The molecular formula is C23H23NO6S. The van der Waals surface area contributed by atoms with Gasteiger partial charge in [0.25, 0.3) is 0 Å². The van der Waals surface area contributed by atoms with Gasteiger partial charge in [-0.1, -0.05) is 61.2 Å². The molecule has 0 heterocycles. The van der Waals surface area contributed by atoms with Gasteiger partial charge in [-0.25, -0.2) is 9.59 Å². The number of alkyl carbamates (subject to hydrolysis) is 1. The smallest absolute Gasteiger partial charge is 0.407 e. The van der Waals surface area contributed by atoms with Crippen LogP contribution >= 0.6 is 11.8 Å². The molecule has 8 heteroatoms. The van der Waals surface area contributed by atoms with Crippen LogP contribution in [0, 0.1) is 0 Å².